The number of para-hydroxylation sites is 1. The number of nitrogens with zero attached hydrogens (tertiary/aromatic N) is 3. The number of carbonyl (C=O) groups excluding carboxylic acids is 2. The van der Waals surface area contributed by atoms with E-state index in [4.69, 9.17) is 0 Å². The molecule has 0 atom stereocenters. The number of nitriles is 1. The second kappa shape index (κ2) is 7.25. The van der Waals surface area contributed by atoms with E-state index in [1.54, 1.807) is 6.07 Å². The number of carbonyl (C=O) groups is 2. The Kier molecular flexibility index (Phi) is 4.85. The lowest BCUT2D eigenvalue weighted by Crippen LogP contribution is -2.46. The van der Waals surface area contributed by atoms with Crippen LogP contribution in [0.5, 0.6) is 0 Å². The largest absolute Gasteiger partial charge is 0.331 e. The van der Waals surface area contributed by atoms with E-state index in [1.165, 1.54) is 22.8 Å². The van der Waals surface area contributed by atoms with Crippen LogP contribution in [-0.2, 0) is 24.3 Å². The maximum Gasteiger partial charge on any atom is 0.331 e. The van der Waals surface area contributed by atoms with E-state index >= 15 is 0 Å². The van der Waals surface area contributed by atoms with E-state index in [0.717, 1.165) is 6.07 Å². The van der Waals surface area contributed by atoms with Crippen LogP contribution in [0, 0.1) is 17.1 Å². The number of aromatic nitrogens is 2. The molecule has 1 aliphatic heterocycles. The van der Waals surface area contributed by atoms with Crippen LogP contribution >= 0.6 is 0 Å². The van der Waals surface area contributed by atoms with E-state index in [1.807, 2.05) is 5.32 Å². The summed E-state index contributed by atoms with van der Waals surface area (Å²) in [4.78, 5) is 48.6. The summed E-state index contributed by atoms with van der Waals surface area (Å²) in [5.74, 6) is -1.64. The number of hydrogen-bond donors (Lipinski definition) is 2. The smallest absolute Gasteiger partial charge is 0.305 e. The number of urea groups is 1. The van der Waals surface area contributed by atoms with Crippen LogP contribution in [0.2, 0.25) is 0 Å². The van der Waals surface area contributed by atoms with Crippen LogP contribution in [0.15, 0.2) is 33.9 Å². The van der Waals surface area contributed by atoms with Gasteiger partial charge in [-0.1, -0.05) is 12.1 Å². The zero-order valence-corrected chi connectivity index (χ0v) is 14.0. The van der Waals surface area contributed by atoms with E-state index in [9.17, 15) is 28.8 Å². The van der Waals surface area contributed by atoms with Gasteiger partial charge in [-0.15, -0.1) is 0 Å². The number of fused-ring (bicyclic) bond motifs is 1. The van der Waals surface area contributed by atoms with Gasteiger partial charge < -0.3 is 5.32 Å². The lowest BCUT2D eigenvalue weighted by molar-refractivity contribution is -0.120. The third-order valence-corrected chi connectivity index (χ3v) is 4.12. The van der Waals surface area contributed by atoms with Gasteiger partial charge in [-0.05, 0) is 25.0 Å². The molecular formula is C17H14FN5O4. The summed E-state index contributed by atoms with van der Waals surface area (Å²) >= 11 is 0. The van der Waals surface area contributed by atoms with Gasteiger partial charge in [0.1, 0.15) is 24.0 Å². The number of anilines is 1. The molecule has 0 unspecified atom stereocenters. The number of benzene rings is 1. The molecule has 2 N–H and O–H groups in total. The highest BCUT2D eigenvalue weighted by Crippen LogP contribution is 2.13. The van der Waals surface area contributed by atoms with Gasteiger partial charge in [-0.3, -0.25) is 19.5 Å². The Morgan fingerprint density at radius 3 is 2.70 bits per heavy atom. The molecule has 2 aromatic rings. The molecule has 9 nitrogen and oxygen atoms in total. The van der Waals surface area contributed by atoms with Crippen LogP contribution in [0.1, 0.15) is 17.7 Å². The zero-order chi connectivity index (χ0) is 19.6. The van der Waals surface area contributed by atoms with E-state index in [0.29, 0.717) is 29.6 Å². The number of nitrogens with one attached hydrogen (secondary N) is 2. The van der Waals surface area contributed by atoms with Gasteiger partial charge in [0.05, 0.1) is 5.69 Å². The minimum absolute atomic E-state index is 0.135. The predicted molar refractivity (Wildman–Crippen MR) is 91.6 cm³/mol. The average molecular weight is 371 g/mol. The van der Waals surface area contributed by atoms with Gasteiger partial charge in [0, 0.05) is 12.2 Å². The Balaban J connectivity index is 1.78. The van der Waals surface area contributed by atoms with Crippen molar-refractivity contribution in [3.05, 3.63) is 62.2 Å². The third kappa shape index (κ3) is 3.48. The first kappa shape index (κ1) is 18.1. The highest BCUT2D eigenvalue weighted by Gasteiger charge is 2.23. The SMILES string of the molecule is N#Cc1c2n(c(=O)n(CC(=O)NC(=O)Nc3ccccc3F)c1=O)CCC2. The van der Waals surface area contributed by atoms with Crippen LogP contribution < -0.4 is 21.9 Å². The van der Waals surface area contributed by atoms with E-state index in [2.05, 4.69) is 5.32 Å². The van der Waals surface area contributed by atoms with Crippen molar-refractivity contribution in [2.24, 2.45) is 0 Å². The highest BCUT2D eigenvalue weighted by atomic mass is 19.1. The third-order valence-electron chi connectivity index (χ3n) is 4.12. The summed E-state index contributed by atoms with van der Waals surface area (Å²) in [6.45, 7) is -0.393. The summed E-state index contributed by atoms with van der Waals surface area (Å²) in [7, 11) is 0. The molecule has 138 valence electrons. The molecule has 0 saturated heterocycles. The first-order chi connectivity index (χ1) is 12.9. The minimum atomic E-state index is -1.01. The quantitative estimate of drug-likeness (QED) is 0.803. The van der Waals surface area contributed by atoms with Crippen LogP contribution in [0.25, 0.3) is 0 Å². The van der Waals surface area contributed by atoms with Gasteiger partial charge in [0.15, 0.2) is 0 Å². The van der Waals surface area contributed by atoms with Crippen molar-refractivity contribution >= 4 is 17.6 Å². The number of imide groups is 1. The van der Waals surface area contributed by atoms with Gasteiger partial charge >= 0.3 is 11.7 Å². The molecule has 1 aromatic heterocycles. The van der Waals surface area contributed by atoms with Crippen LogP contribution in [-0.4, -0.2) is 21.1 Å². The number of rotatable bonds is 3. The van der Waals surface area contributed by atoms with Crippen molar-refractivity contribution in [2.45, 2.75) is 25.9 Å². The number of halogens is 1. The molecule has 0 spiro atoms. The number of hydrogen-bond acceptors (Lipinski definition) is 5. The monoisotopic (exact) mass is 371 g/mol. The molecule has 27 heavy (non-hydrogen) atoms. The van der Waals surface area contributed by atoms with Crippen molar-refractivity contribution in [1.29, 1.82) is 5.26 Å². The van der Waals surface area contributed by atoms with Crippen molar-refractivity contribution in [1.82, 2.24) is 14.5 Å². The molecule has 3 rings (SSSR count). The molecular weight excluding hydrogens is 357 g/mol. The fraction of sp³-hybridized carbons (Fsp3) is 0.235. The Morgan fingerprint density at radius 2 is 2.00 bits per heavy atom. The Morgan fingerprint density at radius 1 is 1.26 bits per heavy atom. The Hall–Kier alpha value is -3.74. The molecule has 0 aliphatic carbocycles. The van der Waals surface area contributed by atoms with Gasteiger partial charge in [0.2, 0.25) is 5.91 Å². The average Bonchev–Trinajstić information content (AvgIpc) is 3.10. The second-order valence-electron chi connectivity index (χ2n) is 5.84. The predicted octanol–water partition coefficient (Wildman–Crippen LogP) is 0.315. The summed E-state index contributed by atoms with van der Waals surface area (Å²) in [6.07, 6.45) is 1.05. The number of amides is 3. The fourth-order valence-corrected chi connectivity index (χ4v) is 2.91. The van der Waals surface area contributed by atoms with Crippen molar-refractivity contribution in [3.63, 3.8) is 0 Å². The van der Waals surface area contributed by atoms with Crippen molar-refractivity contribution in [3.8, 4) is 6.07 Å². The van der Waals surface area contributed by atoms with E-state index < -0.39 is 35.5 Å². The molecule has 2 heterocycles. The highest BCUT2D eigenvalue weighted by molar-refractivity contribution is 6.01. The standard InChI is InChI=1S/C17H14FN5O4/c18-11-4-1-2-5-12(11)20-16(26)21-14(24)9-23-15(25)10(8-19)13-6-3-7-22(13)17(23)27/h1-2,4-5H,3,6-7,9H2,(H2,20,21,24,26). The molecule has 1 aromatic carbocycles. The summed E-state index contributed by atoms with van der Waals surface area (Å²) in [6, 6.07) is 6.12. The van der Waals surface area contributed by atoms with Gasteiger partial charge in [-0.25, -0.2) is 18.5 Å². The summed E-state index contributed by atoms with van der Waals surface area (Å²) in [5.41, 5.74) is -1.54. The minimum Gasteiger partial charge on any atom is -0.305 e. The normalized spacial score (nSPS) is 12.1. The van der Waals surface area contributed by atoms with Gasteiger partial charge in [0.25, 0.3) is 5.56 Å². The molecule has 3 amide bonds. The second-order valence-corrected chi connectivity index (χ2v) is 5.84. The van der Waals surface area contributed by atoms with Crippen molar-refractivity contribution in [2.75, 3.05) is 5.32 Å². The maximum atomic E-state index is 13.5. The fourth-order valence-electron chi connectivity index (χ4n) is 2.91. The first-order valence-electron chi connectivity index (χ1n) is 8.04. The topological polar surface area (TPSA) is 126 Å². The molecule has 0 saturated carbocycles. The summed E-state index contributed by atoms with van der Waals surface area (Å²) in [5, 5.41) is 13.3. The Bertz CT molecular complexity index is 1100. The first-order valence-corrected chi connectivity index (χ1v) is 8.04. The summed E-state index contributed by atoms with van der Waals surface area (Å²) < 4.78 is 15.4. The lowest BCUT2D eigenvalue weighted by atomic mass is 10.2. The lowest BCUT2D eigenvalue weighted by Gasteiger charge is -2.11. The molecule has 0 fully saturated rings. The molecule has 1 aliphatic rings. The van der Waals surface area contributed by atoms with E-state index in [-0.39, 0.29) is 11.3 Å². The maximum absolute atomic E-state index is 13.5. The Labute approximate surface area is 151 Å². The van der Waals surface area contributed by atoms with Crippen LogP contribution in [0.4, 0.5) is 14.9 Å². The van der Waals surface area contributed by atoms with Crippen molar-refractivity contribution < 1.29 is 14.0 Å². The molecule has 10 heteroatoms. The molecule has 0 bridgehead atoms. The van der Waals surface area contributed by atoms with Gasteiger partial charge in [-0.2, -0.15) is 5.26 Å². The molecule has 0 radical (unpaired) electrons. The zero-order valence-electron chi connectivity index (χ0n) is 14.0. The van der Waals surface area contributed by atoms with Crippen LogP contribution in [0.3, 0.4) is 0 Å².